The highest BCUT2D eigenvalue weighted by atomic mass is 32.3. The minimum absolute atomic E-state index is 0.0253. The number of sulfone groups is 1. The molecule has 0 unspecified atom stereocenters. The quantitative estimate of drug-likeness (QED) is 0.724. The van der Waals surface area contributed by atoms with Gasteiger partial charge >= 0.3 is 5.97 Å². The van der Waals surface area contributed by atoms with Gasteiger partial charge in [0.05, 0.1) is 12.2 Å². The summed E-state index contributed by atoms with van der Waals surface area (Å²) in [6.07, 6.45) is 0.808. The summed E-state index contributed by atoms with van der Waals surface area (Å²) < 4.78 is 46.7. The number of carboxylic acid groups (broad SMARTS) is 1. The first-order valence-electron chi connectivity index (χ1n) is 4.85. The SMILES string of the molecule is Cc1nc(CNS(=O)(=O)CS(C)(=O)=O)sc1C(=O)O. The standard InChI is InChI=1S/C8H12N2O6S3/c1-5-7(8(11)12)17-6(10-5)3-9-19(15,16)4-18(2,13)14/h9H,3-4H2,1-2H3,(H,11,12). The number of sulfonamides is 1. The number of aromatic nitrogens is 1. The maximum atomic E-state index is 11.4. The van der Waals surface area contributed by atoms with Gasteiger partial charge in [0.15, 0.2) is 14.9 Å². The molecule has 1 rings (SSSR count). The summed E-state index contributed by atoms with van der Waals surface area (Å²) in [6.45, 7) is 1.26. The number of aromatic carboxylic acids is 1. The zero-order valence-electron chi connectivity index (χ0n) is 10.1. The summed E-state index contributed by atoms with van der Waals surface area (Å²) in [4.78, 5) is 14.7. The van der Waals surface area contributed by atoms with Gasteiger partial charge in [0.2, 0.25) is 10.0 Å². The van der Waals surface area contributed by atoms with E-state index in [9.17, 15) is 21.6 Å². The molecule has 19 heavy (non-hydrogen) atoms. The molecule has 0 amide bonds. The van der Waals surface area contributed by atoms with Crippen LogP contribution >= 0.6 is 11.3 Å². The number of carbonyl (C=O) groups is 1. The Morgan fingerprint density at radius 3 is 2.37 bits per heavy atom. The molecule has 0 aliphatic rings. The first kappa shape index (κ1) is 16.0. The monoisotopic (exact) mass is 328 g/mol. The largest absolute Gasteiger partial charge is 0.477 e. The number of thiazole rings is 1. The fourth-order valence-corrected chi connectivity index (χ4v) is 5.10. The zero-order valence-corrected chi connectivity index (χ0v) is 12.5. The molecule has 8 nitrogen and oxygen atoms in total. The van der Waals surface area contributed by atoms with E-state index >= 15 is 0 Å². The summed E-state index contributed by atoms with van der Waals surface area (Å²) in [6, 6.07) is 0. The van der Waals surface area contributed by atoms with Crippen LogP contribution in [-0.2, 0) is 26.4 Å². The Bertz CT molecular complexity index is 688. The van der Waals surface area contributed by atoms with E-state index in [-0.39, 0.29) is 22.1 Å². The molecule has 1 aromatic rings. The lowest BCUT2D eigenvalue weighted by Gasteiger charge is -2.03. The van der Waals surface area contributed by atoms with Gasteiger partial charge in [-0.25, -0.2) is 31.3 Å². The fourth-order valence-electron chi connectivity index (χ4n) is 1.22. The third-order valence-corrected chi connectivity index (χ3v) is 6.53. The van der Waals surface area contributed by atoms with Crippen molar-refractivity contribution in [2.75, 3.05) is 11.3 Å². The molecule has 0 atom stereocenters. The predicted molar refractivity (Wildman–Crippen MR) is 69.3 cm³/mol. The van der Waals surface area contributed by atoms with Crippen molar-refractivity contribution in [3.8, 4) is 0 Å². The number of hydrogen-bond acceptors (Lipinski definition) is 7. The second-order valence-electron chi connectivity index (χ2n) is 3.81. The summed E-state index contributed by atoms with van der Waals surface area (Å²) in [5.41, 5.74) is 0.287. The first-order valence-corrected chi connectivity index (χ1v) is 9.38. The predicted octanol–water partition coefficient (Wildman–Crippen LogP) is -0.429. The van der Waals surface area contributed by atoms with Crippen molar-refractivity contribution >= 4 is 37.2 Å². The molecule has 0 bridgehead atoms. The lowest BCUT2D eigenvalue weighted by molar-refractivity contribution is 0.0701. The second kappa shape index (κ2) is 5.53. The van der Waals surface area contributed by atoms with Gasteiger partial charge in [-0.1, -0.05) is 0 Å². The average molecular weight is 328 g/mol. The van der Waals surface area contributed by atoms with Crippen LogP contribution in [0.3, 0.4) is 0 Å². The van der Waals surface area contributed by atoms with E-state index in [0.29, 0.717) is 0 Å². The Kier molecular flexibility index (Phi) is 4.66. The van der Waals surface area contributed by atoms with E-state index in [4.69, 9.17) is 5.11 Å². The van der Waals surface area contributed by atoms with E-state index in [1.807, 2.05) is 0 Å². The van der Waals surface area contributed by atoms with Crippen molar-refractivity contribution in [2.45, 2.75) is 13.5 Å². The topological polar surface area (TPSA) is 130 Å². The van der Waals surface area contributed by atoms with Gasteiger partial charge in [-0.15, -0.1) is 11.3 Å². The smallest absolute Gasteiger partial charge is 0.347 e. The van der Waals surface area contributed by atoms with Crippen molar-refractivity contribution in [1.29, 1.82) is 0 Å². The molecule has 0 radical (unpaired) electrons. The number of hydrogen-bond donors (Lipinski definition) is 2. The van der Waals surface area contributed by atoms with Crippen LogP contribution in [0.1, 0.15) is 20.4 Å². The number of nitrogens with zero attached hydrogens (tertiary/aromatic N) is 1. The van der Waals surface area contributed by atoms with Gasteiger partial charge < -0.3 is 5.11 Å². The molecule has 2 N–H and O–H groups in total. The number of aryl methyl sites for hydroxylation is 1. The van der Waals surface area contributed by atoms with Crippen LogP contribution in [0.2, 0.25) is 0 Å². The molecular formula is C8H12N2O6S3. The molecule has 1 aromatic heterocycles. The summed E-state index contributed by atoms with van der Waals surface area (Å²) in [5, 5.41) is 8.05. The van der Waals surface area contributed by atoms with Gasteiger partial charge in [-0.05, 0) is 6.92 Å². The van der Waals surface area contributed by atoms with Crippen molar-refractivity contribution in [2.24, 2.45) is 0 Å². The van der Waals surface area contributed by atoms with Gasteiger partial charge in [0.1, 0.15) is 9.88 Å². The Morgan fingerprint density at radius 1 is 1.37 bits per heavy atom. The van der Waals surface area contributed by atoms with Crippen molar-refractivity contribution in [3.05, 3.63) is 15.6 Å². The molecule has 0 saturated heterocycles. The number of rotatable bonds is 6. The van der Waals surface area contributed by atoms with Crippen LogP contribution in [0, 0.1) is 6.92 Å². The maximum Gasteiger partial charge on any atom is 0.347 e. The summed E-state index contributed by atoms with van der Waals surface area (Å²) >= 11 is 0.839. The Morgan fingerprint density at radius 2 is 1.95 bits per heavy atom. The highest BCUT2D eigenvalue weighted by Crippen LogP contribution is 2.17. The van der Waals surface area contributed by atoms with Gasteiger partial charge in [-0.3, -0.25) is 0 Å². The third-order valence-electron chi connectivity index (χ3n) is 1.85. The lowest BCUT2D eigenvalue weighted by Crippen LogP contribution is -2.29. The summed E-state index contributed by atoms with van der Waals surface area (Å²) in [5.74, 6) is -1.14. The highest BCUT2D eigenvalue weighted by Gasteiger charge is 2.19. The number of nitrogens with one attached hydrogen (secondary N) is 1. The maximum absolute atomic E-state index is 11.4. The van der Waals surface area contributed by atoms with Gasteiger partial charge in [0, 0.05) is 6.26 Å². The zero-order chi connectivity index (χ0) is 14.8. The van der Waals surface area contributed by atoms with Gasteiger partial charge in [0.25, 0.3) is 0 Å². The Balaban J connectivity index is 2.78. The molecule has 0 saturated carbocycles. The normalized spacial score (nSPS) is 12.5. The van der Waals surface area contributed by atoms with E-state index < -0.39 is 30.9 Å². The number of carboxylic acids is 1. The van der Waals surface area contributed by atoms with E-state index in [1.54, 1.807) is 0 Å². The van der Waals surface area contributed by atoms with Crippen molar-refractivity contribution in [3.63, 3.8) is 0 Å². The van der Waals surface area contributed by atoms with Crippen LogP contribution in [0.5, 0.6) is 0 Å². The first-order chi connectivity index (χ1) is 8.50. The van der Waals surface area contributed by atoms with Crippen LogP contribution in [-0.4, -0.2) is 44.2 Å². The third kappa shape index (κ3) is 5.22. The molecule has 1 heterocycles. The molecular weight excluding hydrogens is 316 g/mol. The Labute approximate surface area is 114 Å². The molecule has 0 fully saturated rings. The molecule has 0 spiro atoms. The van der Waals surface area contributed by atoms with Crippen LogP contribution in [0.25, 0.3) is 0 Å². The van der Waals surface area contributed by atoms with Crippen LogP contribution in [0.4, 0.5) is 0 Å². The van der Waals surface area contributed by atoms with Crippen LogP contribution < -0.4 is 4.72 Å². The molecule has 0 aliphatic heterocycles. The Hall–Kier alpha value is -1.04. The van der Waals surface area contributed by atoms with Crippen molar-refractivity contribution in [1.82, 2.24) is 9.71 Å². The summed E-state index contributed by atoms with van der Waals surface area (Å²) in [7, 11) is -7.64. The van der Waals surface area contributed by atoms with Crippen LogP contribution in [0.15, 0.2) is 0 Å². The highest BCUT2D eigenvalue weighted by molar-refractivity contribution is 8.06. The minimum Gasteiger partial charge on any atom is -0.477 e. The fraction of sp³-hybridized carbons (Fsp3) is 0.500. The molecule has 11 heteroatoms. The molecule has 108 valence electrons. The second-order valence-corrected chi connectivity index (χ2v) is 9.20. The minimum atomic E-state index is -3.98. The van der Waals surface area contributed by atoms with E-state index in [2.05, 4.69) is 9.71 Å². The lowest BCUT2D eigenvalue weighted by atomic mass is 10.4. The van der Waals surface area contributed by atoms with Gasteiger partial charge in [-0.2, -0.15) is 0 Å². The van der Waals surface area contributed by atoms with Crippen molar-refractivity contribution < 1.29 is 26.7 Å². The molecule has 0 aliphatic carbocycles. The van der Waals surface area contributed by atoms with E-state index in [0.717, 1.165) is 17.6 Å². The van der Waals surface area contributed by atoms with E-state index in [1.165, 1.54) is 6.92 Å². The average Bonchev–Trinajstić information content (AvgIpc) is 2.53. The molecule has 0 aromatic carbocycles.